The molecule has 2 aromatic rings. The van der Waals surface area contributed by atoms with Gasteiger partial charge in [0, 0.05) is 24.2 Å². The van der Waals surface area contributed by atoms with Gasteiger partial charge in [-0.1, -0.05) is 24.3 Å². The van der Waals surface area contributed by atoms with Gasteiger partial charge in [-0.05, 0) is 55.3 Å². The van der Waals surface area contributed by atoms with Crippen LogP contribution in [0.25, 0.3) is 10.9 Å². The number of pyridine rings is 1. The van der Waals surface area contributed by atoms with Crippen LogP contribution in [0.15, 0.2) is 49.2 Å². The van der Waals surface area contributed by atoms with E-state index in [4.69, 9.17) is 0 Å². The number of benzene rings is 1. The highest BCUT2D eigenvalue weighted by molar-refractivity contribution is 5.82. The maximum Gasteiger partial charge on any atom is 0.0952 e. The Kier molecular flexibility index (Phi) is 3.92. The number of aromatic nitrogens is 1. The van der Waals surface area contributed by atoms with Crippen molar-refractivity contribution in [1.29, 1.82) is 0 Å². The van der Waals surface area contributed by atoms with Gasteiger partial charge < -0.3 is 5.11 Å². The molecule has 0 saturated carbocycles. The number of piperidine rings is 1. The minimum Gasteiger partial charge on any atom is -0.387 e. The Morgan fingerprint density at radius 2 is 2.09 bits per heavy atom. The van der Waals surface area contributed by atoms with E-state index in [-0.39, 0.29) is 6.04 Å². The van der Waals surface area contributed by atoms with E-state index in [0.29, 0.717) is 5.92 Å². The topological polar surface area (TPSA) is 36.4 Å². The molecule has 3 heteroatoms. The fourth-order valence-electron chi connectivity index (χ4n) is 4.49. The van der Waals surface area contributed by atoms with Gasteiger partial charge in [-0.2, -0.15) is 0 Å². The molecule has 5 rings (SSSR count). The lowest BCUT2D eigenvalue weighted by Crippen LogP contribution is -2.44. The summed E-state index contributed by atoms with van der Waals surface area (Å²) in [7, 11) is 0. The molecule has 4 unspecified atom stereocenters. The van der Waals surface area contributed by atoms with Crippen LogP contribution in [-0.4, -0.2) is 34.1 Å². The maximum atomic E-state index is 11.2. The average Bonchev–Trinajstić information content (AvgIpc) is 2.92. The lowest BCUT2D eigenvalue weighted by atomic mass is 9.85. The fraction of sp³-hybridized carbons (Fsp3) is 0.450. The summed E-state index contributed by atoms with van der Waals surface area (Å²) in [4.78, 5) is 6.90. The molecule has 0 aliphatic carbocycles. The molecule has 0 spiro atoms. The summed E-state index contributed by atoms with van der Waals surface area (Å²) >= 11 is 0. The van der Waals surface area contributed by atoms with Crippen molar-refractivity contribution in [1.82, 2.24) is 9.88 Å². The van der Waals surface area contributed by atoms with Crippen molar-refractivity contribution in [3.05, 3.63) is 54.7 Å². The molecule has 3 nitrogen and oxygen atoms in total. The summed E-state index contributed by atoms with van der Waals surface area (Å²) in [6.07, 6.45) is 6.97. The van der Waals surface area contributed by atoms with E-state index in [2.05, 4.69) is 28.6 Å². The van der Waals surface area contributed by atoms with Crippen LogP contribution >= 0.6 is 0 Å². The molecule has 0 amide bonds. The van der Waals surface area contributed by atoms with E-state index >= 15 is 0 Å². The summed E-state index contributed by atoms with van der Waals surface area (Å²) in [5, 5.41) is 12.2. The first-order chi connectivity index (χ1) is 11.3. The molecule has 2 bridgehead atoms. The molecule has 4 heterocycles. The van der Waals surface area contributed by atoms with E-state index in [9.17, 15) is 5.11 Å². The van der Waals surface area contributed by atoms with Gasteiger partial charge in [-0.25, -0.2) is 0 Å². The van der Waals surface area contributed by atoms with Gasteiger partial charge in [0.1, 0.15) is 0 Å². The Hall–Kier alpha value is -1.71. The molecule has 3 aliphatic heterocycles. The Balaban J connectivity index is 1.68. The molecule has 0 radical (unpaired) electrons. The summed E-state index contributed by atoms with van der Waals surface area (Å²) in [5.41, 5.74) is 1.97. The van der Waals surface area contributed by atoms with Crippen LogP contribution < -0.4 is 0 Å². The minimum atomic E-state index is -0.454. The van der Waals surface area contributed by atoms with Crippen molar-refractivity contribution in [2.75, 3.05) is 13.1 Å². The van der Waals surface area contributed by atoms with Crippen molar-refractivity contribution in [3.8, 4) is 0 Å². The zero-order chi connectivity index (χ0) is 15.8. The molecule has 1 aromatic heterocycles. The predicted octanol–water partition coefficient (Wildman–Crippen LogP) is 3.55. The Labute approximate surface area is 137 Å². The van der Waals surface area contributed by atoms with Gasteiger partial charge >= 0.3 is 0 Å². The number of rotatable bonds is 3. The van der Waals surface area contributed by atoms with Crippen molar-refractivity contribution >= 4 is 10.9 Å². The second-order valence-electron chi connectivity index (χ2n) is 6.95. The van der Waals surface area contributed by atoms with E-state index in [1.807, 2.05) is 30.5 Å². The van der Waals surface area contributed by atoms with Crippen LogP contribution in [0, 0.1) is 11.8 Å². The third kappa shape index (κ3) is 2.58. The monoisotopic (exact) mass is 308 g/mol. The Morgan fingerprint density at radius 3 is 2.96 bits per heavy atom. The average molecular weight is 308 g/mol. The third-order valence-electron chi connectivity index (χ3n) is 5.81. The zero-order valence-electron chi connectivity index (χ0n) is 13.4. The summed E-state index contributed by atoms with van der Waals surface area (Å²) in [6, 6.07) is 10.3. The quantitative estimate of drug-likeness (QED) is 0.881. The molecule has 5 atom stereocenters. The van der Waals surface area contributed by atoms with Crippen molar-refractivity contribution in [3.63, 3.8) is 0 Å². The first-order valence-electron chi connectivity index (χ1n) is 8.66. The summed E-state index contributed by atoms with van der Waals surface area (Å²) in [5.74, 6) is 1.32. The third-order valence-corrected chi connectivity index (χ3v) is 5.81. The number of para-hydroxylation sites is 1. The summed E-state index contributed by atoms with van der Waals surface area (Å²) in [6.45, 7) is 6.15. The van der Waals surface area contributed by atoms with E-state index in [0.717, 1.165) is 41.9 Å². The molecule has 1 N–H and O–H groups in total. The number of hydrogen-bond acceptors (Lipinski definition) is 3. The molecule has 3 aliphatic rings. The second kappa shape index (κ2) is 6.06. The molecule has 1 aromatic carbocycles. The van der Waals surface area contributed by atoms with Gasteiger partial charge in [0.15, 0.2) is 0 Å². The number of aliphatic hydroxyl groups is 1. The fourth-order valence-corrected chi connectivity index (χ4v) is 4.49. The largest absolute Gasteiger partial charge is 0.387 e. The van der Waals surface area contributed by atoms with Gasteiger partial charge in [-0.3, -0.25) is 9.88 Å². The Morgan fingerprint density at radius 1 is 1.22 bits per heavy atom. The van der Waals surface area contributed by atoms with Crippen molar-refractivity contribution in [2.24, 2.45) is 11.8 Å². The number of fused-ring (bicyclic) bond motifs is 5. The van der Waals surface area contributed by atoms with Crippen LogP contribution in [0.5, 0.6) is 0 Å². The van der Waals surface area contributed by atoms with Crippen molar-refractivity contribution in [2.45, 2.75) is 31.4 Å². The van der Waals surface area contributed by atoms with E-state index < -0.39 is 6.10 Å². The maximum absolute atomic E-state index is 11.2. The van der Waals surface area contributed by atoms with Gasteiger partial charge in [0.05, 0.1) is 11.6 Å². The van der Waals surface area contributed by atoms with Crippen molar-refractivity contribution < 1.29 is 5.11 Å². The molecular weight excluding hydrogens is 284 g/mol. The van der Waals surface area contributed by atoms with Gasteiger partial charge in [0.25, 0.3) is 0 Å². The second-order valence-corrected chi connectivity index (χ2v) is 6.95. The van der Waals surface area contributed by atoms with Gasteiger partial charge in [0.2, 0.25) is 0 Å². The van der Waals surface area contributed by atoms with E-state index in [1.54, 1.807) is 0 Å². The predicted molar refractivity (Wildman–Crippen MR) is 93.1 cm³/mol. The standard InChI is InChI=1S/C20H24N2O/c1-2-14-13-22-12-10-15(14)7-8-19(22)20(23)17-9-11-21-18-6-4-3-5-16(17)18/h2-6,9,11,14-15,19-20,23H,1,7-8,10,12-13H2/t14?,15?,19?,20-/m0/s1. The molecule has 3 saturated heterocycles. The SMILES string of the molecule is C=CC1CN2CCC1CCC2[C@@H](O)c1ccnc2ccccc12. The lowest BCUT2D eigenvalue weighted by molar-refractivity contribution is 0.0379. The summed E-state index contributed by atoms with van der Waals surface area (Å²) < 4.78 is 0. The molecule has 23 heavy (non-hydrogen) atoms. The zero-order valence-corrected chi connectivity index (χ0v) is 13.4. The highest BCUT2D eigenvalue weighted by Gasteiger charge is 2.38. The number of nitrogens with zero attached hydrogens (tertiary/aromatic N) is 2. The smallest absolute Gasteiger partial charge is 0.0952 e. The molecule has 3 fully saturated rings. The highest BCUT2D eigenvalue weighted by atomic mass is 16.3. The normalized spacial score (nSPS) is 31.7. The van der Waals surface area contributed by atoms with E-state index in [1.165, 1.54) is 12.8 Å². The first-order valence-corrected chi connectivity index (χ1v) is 8.66. The Bertz CT molecular complexity index is 708. The number of hydrogen-bond donors (Lipinski definition) is 1. The van der Waals surface area contributed by atoms with Crippen LogP contribution in [0.4, 0.5) is 0 Å². The minimum absolute atomic E-state index is 0.204. The van der Waals surface area contributed by atoms with Crippen LogP contribution in [-0.2, 0) is 0 Å². The molecule has 120 valence electrons. The first kappa shape index (κ1) is 14.9. The van der Waals surface area contributed by atoms with Crippen LogP contribution in [0.3, 0.4) is 0 Å². The van der Waals surface area contributed by atoms with Crippen LogP contribution in [0.2, 0.25) is 0 Å². The van der Waals surface area contributed by atoms with Gasteiger partial charge in [-0.15, -0.1) is 6.58 Å². The van der Waals surface area contributed by atoms with Crippen LogP contribution in [0.1, 0.15) is 30.9 Å². The molecular formula is C20H24N2O. The number of aliphatic hydroxyl groups excluding tert-OH is 1. The lowest BCUT2D eigenvalue weighted by Gasteiger charge is -2.38. The highest BCUT2D eigenvalue weighted by Crippen LogP contribution is 2.39.